The minimum Gasteiger partial charge on any atom is -0.491 e. The largest absolute Gasteiger partial charge is 0.491 e. The summed E-state index contributed by atoms with van der Waals surface area (Å²) in [6, 6.07) is 8.57. The van der Waals surface area contributed by atoms with Crippen molar-refractivity contribution < 1.29 is 9.47 Å². The van der Waals surface area contributed by atoms with Crippen molar-refractivity contribution in [1.29, 1.82) is 0 Å². The third kappa shape index (κ3) is 4.45. The van der Waals surface area contributed by atoms with Crippen LogP contribution in [0.25, 0.3) is 0 Å². The van der Waals surface area contributed by atoms with Gasteiger partial charge in [0.15, 0.2) is 0 Å². The molecule has 1 atom stereocenters. The first kappa shape index (κ1) is 18.0. The fraction of sp³-hybridized carbons (Fsp3) is 0.667. The van der Waals surface area contributed by atoms with Gasteiger partial charge in [0.05, 0.1) is 17.7 Å². The van der Waals surface area contributed by atoms with E-state index in [2.05, 4.69) is 38.2 Å². The van der Waals surface area contributed by atoms with Crippen molar-refractivity contribution in [2.24, 2.45) is 0 Å². The van der Waals surface area contributed by atoms with E-state index in [1.54, 1.807) is 0 Å². The minimum absolute atomic E-state index is 0.170. The van der Waals surface area contributed by atoms with Gasteiger partial charge < -0.3 is 14.8 Å². The minimum atomic E-state index is -0.170. The standard InChI is InChI=1S/C18H31NO2/c1-7-18(8-2,20-6)17(19-9-3)15-10-12-16(13-11-15)21-14(4)5/h10-14,17,19H,7-9H2,1-6H3. The van der Waals surface area contributed by atoms with Gasteiger partial charge in [-0.15, -0.1) is 0 Å². The van der Waals surface area contributed by atoms with Crippen LogP contribution in [0.15, 0.2) is 24.3 Å². The van der Waals surface area contributed by atoms with E-state index in [-0.39, 0.29) is 17.7 Å². The van der Waals surface area contributed by atoms with E-state index in [1.807, 2.05) is 33.1 Å². The molecular formula is C18H31NO2. The maximum absolute atomic E-state index is 5.91. The Morgan fingerprint density at radius 1 is 1.05 bits per heavy atom. The lowest BCUT2D eigenvalue weighted by Crippen LogP contribution is -2.44. The maximum atomic E-state index is 5.91. The highest BCUT2D eigenvalue weighted by Gasteiger charge is 2.36. The summed E-state index contributed by atoms with van der Waals surface area (Å²) in [5, 5.41) is 3.59. The third-order valence-electron chi connectivity index (χ3n) is 4.12. The zero-order valence-corrected chi connectivity index (χ0v) is 14.4. The zero-order chi connectivity index (χ0) is 15.9. The summed E-state index contributed by atoms with van der Waals surface area (Å²) in [4.78, 5) is 0. The van der Waals surface area contributed by atoms with Gasteiger partial charge in [0, 0.05) is 7.11 Å². The molecule has 0 bridgehead atoms. The Bertz CT molecular complexity index is 388. The first-order chi connectivity index (χ1) is 10.0. The molecule has 0 saturated heterocycles. The predicted molar refractivity (Wildman–Crippen MR) is 88.9 cm³/mol. The number of hydrogen-bond acceptors (Lipinski definition) is 3. The lowest BCUT2D eigenvalue weighted by Gasteiger charge is -2.39. The highest BCUT2D eigenvalue weighted by molar-refractivity contribution is 5.31. The lowest BCUT2D eigenvalue weighted by atomic mass is 9.83. The molecule has 0 aliphatic carbocycles. The van der Waals surface area contributed by atoms with Gasteiger partial charge in [0.25, 0.3) is 0 Å². The average molecular weight is 293 g/mol. The molecule has 0 aliphatic rings. The van der Waals surface area contributed by atoms with E-state index >= 15 is 0 Å². The molecule has 0 heterocycles. The van der Waals surface area contributed by atoms with Crippen molar-refractivity contribution in [2.45, 2.75) is 65.2 Å². The van der Waals surface area contributed by atoms with Gasteiger partial charge in [-0.2, -0.15) is 0 Å². The van der Waals surface area contributed by atoms with Crippen LogP contribution in [0, 0.1) is 0 Å². The summed E-state index contributed by atoms with van der Waals surface area (Å²) < 4.78 is 11.6. The van der Waals surface area contributed by atoms with Crippen molar-refractivity contribution in [3.8, 4) is 5.75 Å². The Kier molecular flexibility index (Phi) is 7.20. The molecule has 0 radical (unpaired) electrons. The SMILES string of the molecule is CCNC(c1ccc(OC(C)C)cc1)C(CC)(CC)OC. The second-order valence-electron chi connectivity index (χ2n) is 5.70. The number of hydrogen-bond donors (Lipinski definition) is 1. The van der Waals surface area contributed by atoms with Crippen LogP contribution in [0.5, 0.6) is 5.75 Å². The van der Waals surface area contributed by atoms with Gasteiger partial charge >= 0.3 is 0 Å². The van der Waals surface area contributed by atoms with Crippen LogP contribution in [0.4, 0.5) is 0 Å². The Balaban J connectivity index is 3.04. The molecule has 0 aliphatic heterocycles. The van der Waals surface area contributed by atoms with Gasteiger partial charge in [0.2, 0.25) is 0 Å². The summed E-state index contributed by atoms with van der Waals surface area (Å²) in [5.74, 6) is 0.917. The molecule has 1 aromatic rings. The van der Waals surface area contributed by atoms with Gasteiger partial charge in [0.1, 0.15) is 5.75 Å². The van der Waals surface area contributed by atoms with Crippen molar-refractivity contribution in [3.63, 3.8) is 0 Å². The summed E-state index contributed by atoms with van der Waals surface area (Å²) in [5.41, 5.74) is 1.08. The molecule has 0 amide bonds. The number of methoxy groups -OCH3 is 1. The molecule has 0 aromatic heterocycles. The molecular weight excluding hydrogens is 262 g/mol. The zero-order valence-electron chi connectivity index (χ0n) is 14.4. The predicted octanol–water partition coefficient (Wildman–Crippen LogP) is 4.33. The van der Waals surface area contributed by atoms with Crippen LogP contribution in [0.1, 0.15) is 59.1 Å². The Morgan fingerprint density at radius 3 is 2.00 bits per heavy atom. The van der Waals surface area contributed by atoms with Gasteiger partial charge in [-0.05, 0) is 50.9 Å². The van der Waals surface area contributed by atoms with Crippen molar-refractivity contribution in [3.05, 3.63) is 29.8 Å². The normalized spacial score (nSPS) is 13.5. The molecule has 21 heavy (non-hydrogen) atoms. The summed E-state index contributed by atoms with van der Waals surface area (Å²) in [6.07, 6.45) is 2.15. The molecule has 0 spiro atoms. The van der Waals surface area contributed by atoms with E-state index in [1.165, 1.54) is 5.56 Å². The molecule has 120 valence electrons. The highest BCUT2D eigenvalue weighted by Crippen LogP contribution is 2.35. The van der Waals surface area contributed by atoms with Gasteiger partial charge in [-0.1, -0.05) is 32.9 Å². The number of likely N-dealkylation sites (N-methyl/N-ethyl adjacent to an activating group) is 1. The van der Waals surface area contributed by atoms with E-state index in [4.69, 9.17) is 9.47 Å². The third-order valence-corrected chi connectivity index (χ3v) is 4.12. The second-order valence-corrected chi connectivity index (χ2v) is 5.70. The molecule has 1 unspecified atom stereocenters. The fourth-order valence-electron chi connectivity index (χ4n) is 2.89. The topological polar surface area (TPSA) is 30.5 Å². The summed E-state index contributed by atoms with van der Waals surface area (Å²) >= 11 is 0. The van der Waals surface area contributed by atoms with Crippen LogP contribution in [0.2, 0.25) is 0 Å². The monoisotopic (exact) mass is 293 g/mol. The van der Waals surface area contributed by atoms with E-state index in [0.717, 1.165) is 25.1 Å². The molecule has 1 rings (SSSR count). The van der Waals surface area contributed by atoms with Crippen LogP contribution in [-0.4, -0.2) is 25.4 Å². The molecule has 0 fully saturated rings. The van der Waals surface area contributed by atoms with Crippen molar-refractivity contribution in [2.75, 3.05) is 13.7 Å². The Morgan fingerprint density at radius 2 is 1.62 bits per heavy atom. The highest BCUT2D eigenvalue weighted by atomic mass is 16.5. The first-order valence-electron chi connectivity index (χ1n) is 8.08. The Hall–Kier alpha value is -1.06. The molecule has 1 aromatic carbocycles. The van der Waals surface area contributed by atoms with Crippen LogP contribution >= 0.6 is 0 Å². The fourth-order valence-corrected chi connectivity index (χ4v) is 2.89. The summed E-state index contributed by atoms with van der Waals surface area (Å²) in [6.45, 7) is 11.5. The molecule has 3 nitrogen and oxygen atoms in total. The lowest BCUT2D eigenvalue weighted by molar-refractivity contribution is -0.0482. The van der Waals surface area contributed by atoms with Gasteiger partial charge in [-0.25, -0.2) is 0 Å². The van der Waals surface area contributed by atoms with Crippen LogP contribution < -0.4 is 10.1 Å². The van der Waals surface area contributed by atoms with Crippen molar-refractivity contribution >= 4 is 0 Å². The first-order valence-corrected chi connectivity index (χ1v) is 8.08. The number of rotatable bonds is 9. The maximum Gasteiger partial charge on any atom is 0.119 e. The van der Waals surface area contributed by atoms with Crippen LogP contribution in [-0.2, 0) is 4.74 Å². The number of nitrogens with one attached hydrogen (secondary N) is 1. The number of benzene rings is 1. The van der Waals surface area contributed by atoms with Gasteiger partial charge in [-0.3, -0.25) is 0 Å². The van der Waals surface area contributed by atoms with E-state index in [0.29, 0.717) is 0 Å². The average Bonchev–Trinajstić information content (AvgIpc) is 2.49. The quantitative estimate of drug-likeness (QED) is 0.735. The summed E-state index contributed by atoms with van der Waals surface area (Å²) in [7, 11) is 1.81. The molecule has 0 saturated carbocycles. The number of ether oxygens (including phenoxy) is 2. The smallest absolute Gasteiger partial charge is 0.119 e. The van der Waals surface area contributed by atoms with Crippen LogP contribution in [0.3, 0.4) is 0 Å². The molecule has 1 N–H and O–H groups in total. The molecule has 3 heteroatoms. The van der Waals surface area contributed by atoms with E-state index < -0.39 is 0 Å². The van der Waals surface area contributed by atoms with E-state index in [9.17, 15) is 0 Å². The Labute approximate surface area is 130 Å². The van der Waals surface area contributed by atoms with Crippen molar-refractivity contribution in [1.82, 2.24) is 5.32 Å². The second kappa shape index (κ2) is 8.40.